The van der Waals surface area contributed by atoms with Crippen LogP contribution in [-0.2, 0) is 9.59 Å². The van der Waals surface area contributed by atoms with Gasteiger partial charge in [0.25, 0.3) is 11.8 Å². The van der Waals surface area contributed by atoms with Gasteiger partial charge in [-0.3, -0.25) is 24.1 Å². The van der Waals surface area contributed by atoms with Crippen LogP contribution >= 0.6 is 11.3 Å². The number of nitrogens with zero attached hydrogens (tertiary/aromatic N) is 2. The van der Waals surface area contributed by atoms with Crippen molar-refractivity contribution in [3.05, 3.63) is 45.8 Å². The van der Waals surface area contributed by atoms with Crippen molar-refractivity contribution in [2.24, 2.45) is 5.73 Å². The molecule has 156 valence electrons. The second-order valence-corrected chi connectivity index (χ2v) is 8.98. The number of fused-ring (bicyclic) bond motifs is 3. The zero-order valence-corrected chi connectivity index (χ0v) is 17.8. The molecule has 0 aliphatic carbocycles. The molecule has 0 radical (unpaired) electrons. The minimum atomic E-state index is -0.923. The van der Waals surface area contributed by atoms with Crippen molar-refractivity contribution >= 4 is 45.7 Å². The van der Waals surface area contributed by atoms with Crippen LogP contribution in [0, 0.1) is 13.8 Å². The number of amides is 4. The summed E-state index contributed by atoms with van der Waals surface area (Å²) in [6, 6.07) is 6.93. The van der Waals surface area contributed by atoms with Gasteiger partial charge in [-0.25, -0.2) is 0 Å². The highest BCUT2D eigenvalue weighted by Gasteiger charge is 2.53. The monoisotopic (exact) mass is 426 g/mol. The lowest BCUT2D eigenvalue weighted by Gasteiger charge is -2.48. The Kier molecular flexibility index (Phi) is 4.65. The number of hydrogen-bond donors (Lipinski definition) is 2. The molecule has 2 aliphatic rings. The molecule has 1 aromatic heterocycles. The van der Waals surface area contributed by atoms with E-state index < -0.39 is 17.5 Å². The molecule has 4 amide bonds. The average molecular weight is 426 g/mol. The van der Waals surface area contributed by atoms with Crippen molar-refractivity contribution in [1.29, 1.82) is 0 Å². The summed E-state index contributed by atoms with van der Waals surface area (Å²) in [5.41, 5.74) is 6.53. The van der Waals surface area contributed by atoms with E-state index in [4.69, 9.17) is 5.73 Å². The fourth-order valence-corrected chi connectivity index (χ4v) is 5.34. The van der Waals surface area contributed by atoms with Crippen LogP contribution in [0.15, 0.2) is 24.3 Å². The van der Waals surface area contributed by atoms with Crippen molar-refractivity contribution in [3.8, 4) is 0 Å². The summed E-state index contributed by atoms with van der Waals surface area (Å²) in [5.74, 6) is -1.45. The summed E-state index contributed by atoms with van der Waals surface area (Å²) in [7, 11) is 0. The van der Waals surface area contributed by atoms with Gasteiger partial charge in [0.05, 0.1) is 16.8 Å². The van der Waals surface area contributed by atoms with Gasteiger partial charge in [-0.1, -0.05) is 12.1 Å². The molecule has 8 nitrogen and oxygen atoms in total. The number of para-hydroxylation sites is 1. The first kappa shape index (κ1) is 20.1. The van der Waals surface area contributed by atoms with E-state index in [2.05, 4.69) is 5.32 Å². The van der Waals surface area contributed by atoms with Crippen molar-refractivity contribution in [1.82, 2.24) is 4.90 Å². The molecule has 1 unspecified atom stereocenters. The lowest BCUT2D eigenvalue weighted by Crippen LogP contribution is -2.63. The topological polar surface area (TPSA) is 113 Å². The van der Waals surface area contributed by atoms with E-state index >= 15 is 0 Å². The third kappa shape index (κ3) is 2.88. The zero-order valence-electron chi connectivity index (χ0n) is 16.9. The number of nitrogens with two attached hydrogens (primary N) is 1. The number of thiophene rings is 1. The number of nitrogens with one attached hydrogen (secondary N) is 1. The molecule has 0 spiro atoms. The number of aryl methyl sites for hydroxylation is 1. The maximum absolute atomic E-state index is 13.2. The van der Waals surface area contributed by atoms with E-state index in [-0.39, 0.29) is 23.9 Å². The maximum atomic E-state index is 13.2. The summed E-state index contributed by atoms with van der Waals surface area (Å²) in [6.45, 7) is 5.17. The van der Waals surface area contributed by atoms with Gasteiger partial charge in [0.1, 0.15) is 17.2 Å². The van der Waals surface area contributed by atoms with Crippen molar-refractivity contribution in [3.63, 3.8) is 0 Å². The molecule has 0 bridgehead atoms. The van der Waals surface area contributed by atoms with Gasteiger partial charge in [-0.05, 0) is 44.9 Å². The number of primary amides is 1. The van der Waals surface area contributed by atoms with Gasteiger partial charge in [-0.15, -0.1) is 11.3 Å². The Morgan fingerprint density at radius 2 is 1.93 bits per heavy atom. The van der Waals surface area contributed by atoms with E-state index in [1.54, 1.807) is 43.0 Å². The highest BCUT2D eigenvalue weighted by atomic mass is 32.1. The van der Waals surface area contributed by atoms with Crippen LogP contribution < -0.4 is 16.0 Å². The molecule has 1 atom stereocenters. The number of carbonyl (C=O) groups is 4. The van der Waals surface area contributed by atoms with Gasteiger partial charge in [-0.2, -0.15) is 0 Å². The highest BCUT2D eigenvalue weighted by molar-refractivity contribution is 7.16. The lowest BCUT2D eigenvalue weighted by molar-refractivity contribution is -0.120. The van der Waals surface area contributed by atoms with Crippen LogP contribution in [0.1, 0.15) is 50.9 Å². The second-order valence-electron chi connectivity index (χ2n) is 7.75. The van der Waals surface area contributed by atoms with E-state index in [0.29, 0.717) is 29.1 Å². The molecule has 2 aliphatic heterocycles. The molecular weight excluding hydrogens is 404 g/mol. The number of anilines is 2. The van der Waals surface area contributed by atoms with Gasteiger partial charge >= 0.3 is 0 Å². The molecule has 3 N–H and O–H groups in total. The Bertz CT molecular complexity index is 1110. The Balaban J connectivity index is 1.66. The molecule has 30 heavy (non-hydrogen) atoms. The van der Waals surface area contributed by atoms with Crippen molar-refractivity contribution < 1.29 is 19.2 Å². The maximum Gasteiger partial charge on any atom is 0.258 e. The van der Waals surface area contributed by atoms with Gasteiger partial charge in [0, 0.05) is 11.3 Å². The summed E-state index contributed by atoms with van der Waals surface area (Å²) >= 11 is 1.27. The van der Waals surface area contributed by atoms with E-state index in [9.17, 15) is 19.2 Å². The predicted molar refractivity (Wildman–Crippen MR) is 114 cm³/mol. The zero-order chi connectivity index (χ0) is 21.8. The quantitative estimate of drug-likeness (QED) is 0.782. The number of benzene rings is 1. The standard InChI is InChI=1S/C21H22N4O4S/c1-11-12(2)30-19(17(11)18(22)28)23-15(26)10-24-20(29)13-6-4-5-7-14(13)25-16(27)8-9-21(24,25)3/h4-7H,8-10H2,1-3H3,(H2,22,28)(H,23,26). The number of carbonyl (C=O) groups excluding carboxylic acids is 4. The van der Waals surface area contributed by atoms with E-state index in [1.165, 1.54) is 16.2 Å². The SMILES string of the molecule is Cc1sc(NC(=O)CN2C(=O)c3ccccc3N3C(=O)CCC23C)c(C(N)=O)c1C. The molecular formula is C21H22N4O4S. The molecule has 0 saturated carbocycles. The predicted octanol–water partition coefficient (Wildman–Crippen LogP) is 2.40. The average Bonchev–Trinajstić information content (AvgIpc) is 3.15. The van der Waals surface area contributed by atoms with Crippen molar-refractivity contribution in [2.45, 2.75) is 39.3 Å². The fourth-order valence-electron chi connectivity index (χ4n) is 4.26. The number of rotatable bonds is 4. The first-order chi connectivity index (χ1) is 14.1. The first-order valence-corrected chi connectivity index (χ1v) is 10.4. The normalized spacial score (nSPS) is 20.2. The smallest absolute Gasteiger partial charge is 0.258 e. The second kappa shape index (κ2) is 6.94. The van der Waals surface area contributed by atoms with Gasteiger partial charge in [0.2, 0.25) is 11.8 Å². The van der Waals surface area contributed by atoms with Crippen molar-refractivity contribution in [2.75, 3.05) is 16.8 Å². The van der Waals surface area contributed by atoms with Crippen LogP contribution in [0.5, 0.6) is 0 Å². The Morgan fingerprint density at radius 3 is 2.63 bits per heavy atom. The summed E-state index contributed by atoms with van der Waals surface area (Å²) < 4.78 is 0. The Hall–Kier alpha value is -3.20. The fraction of sp³-hybridized carbons (Fsp3) is 0.333. The van der Waals surface area contributed by atoms with E-state index in [1.807, 2.05) is 6.92 Å². The van der Waals surface area contributed by atoms with Crippen LogP contribution in [0.3, 0.4) is 0 Å². The minimum absolute atomic E-state index is 0.0802. The highest BCUT2D eigenvalue weighted by Crippen LogP contribution is 2.44. The Labute approximate surface area is 177 Å². The lowest BCUT2D eigenvalue weighted by atomic mass is 9.98. The third-order valence-corrected chi connectivity index (χ3v) is 7.05. The van der Waals surface area contributed by atoms with Gasteiger partial charge < -0.3 is 16.0 Å². The largest absolute Gasteiger partial charge is 0.365 e. The molecule has 9 heteroatoms. The molecule has 1 fully saturated rings. The van der Waals surface area contributed by atoms with Crippen LogP contribution in [0.4, 0.5) is 10.7 Å². The summed E-state index contributed by atoms with van der Waals surface area (Å²) in [6.07, 6.45) is 0.730. The van der Waals surface area contributed by atoms with Crippen LogP contribution in [0.2, 0.25) is 0 Å². The summed E-state index contributed by atoms with van der Waals surface area (Å²) in [4.78, 5) is 54.5. The molecule has 3 heterocycles. The first-order valence-electron chi connectivity index (χ1n) is 9.59. The molecule has 1 saturated heterocycles. The molecule has 4 rings (SSSR count). The Morgan fingerprint density at radius 1 is 1.23 bits per heavy atom. The van der Waals surface area contributed by atoms with Crippen LogP contribution in [0.25, 0.3) is 0 Å². The third-order valence-electron chi connectivity index (χ3n) is 5.93. The van der Waals surface area contributed by atoms with Gasteiger partial charge in [0.15, 0.2) is 0 Å². The molecule has 2 aromatic rings. The summed E-state index contributed by atoms with van der Waals surface area (Å²) in [5, 5.41) is 3.11. The minimum Gasteiger partial charge on any atom is -0.365 e. The van der Waals surface area contributed by atoms with Crippen LogP contribution in [-0.4, -0.2) is 40.7 Å². The molecule has 1 aromatic carbocycles. The van der Waals surface area contributed by atoms with E-state index in [0.717, 1.165) is 10.4 Å². The number of hydrogen-bond acceptors (Lipinski definition) is 5.